The van der Waals surface area contributed by atoms with Gasteiger partial charge in [-0.05, 0) is 33.7 Å². The van der Waals surface area contributed by atoms with Gasteiger partial charge >= 0.3 is 0 Å². The zero-order valence-electron chi connectivity index (χ0n) is 21.9. The first-order valence-corrected chi connectivity index (χ1v) is 13.2. The fraction of sp³-hybridized carbons (Fsp3) is 0. The van der Waals surface area contributed by atoms with Crippen LogP contribution in [0.25, 0.3) is 67.3 Å². The largest absolute Gasteiger partial charge is 0.304 e. The Morgan fingerprint density at radius 3 is 1.88 bits per heavy atom. The van der Waals surface area contributed by atoms with Gasteiger partial charge < -0.3 is 4.98 Å². The van der Waals surface area contributed by atoms with E-state index in [0.717, 1.165) is 49.8 Å². The molecule has 7 aromatic rings. The molecule has 0 spiro atoms. The Bertz CT molecular complexity index is 1950. The first-order chi connectivity index (χ1) is 19.8. The van der Waals surface area contributed by atoms with E-state index in [1.54, 1.807) is 0 Å². The summed E-state index contributed by atoms with van der Waals surface area (Å²) >= 11 is 0. The quantitative estimate of drug-likeness (QED) is 0.169. The number of fused-ring (bicyclic) bond motifs is 1. The number of aromatic nitrogens is 4. The summed E-state index contributed by atoms with van der Waals surface area (Å²) in [6, 6.07) is 48.2. The molecule has 197 valence electrons. The molecule has 7 rings (SSSR count). The summed E-state index contributed by atoms with van der Waals surface area (Å²) in [6.07, 6.45) is 1.84. The molecule has 0 bridgehead atoms. The van der Waals surface area contributed by atoms with Crippen molar-refractivity contribution in [3.8, 4) is 56.5 Å². The van der Waals surface area contributed by atoms with Crippen LogP contribution in [-0.4, -0.2) is 19.9 Å². The second-order valence-electron chi connectivity index (χ2n) is 9.46. The first kappa shape index (κ1) is 26.4. The molecule has 0 saturated carbocycles. The van der Waals surface area contributed by atoms with Crippen molar-refractivity contribution in [1.82, 2.24) is 19.9 Å². The second kappa shape index (κ2) is 11.7. The van der Waals surface area contributed by atoms with Gasteiger partial charge in [0.05, 0.1) is 0 Å². The van der Waals surface area contributed by atoms with E-state index < -0.39 is 0 Å². The molecule has 5 aromatic carbocycles. The number of benzene rings is 5. The Kier molecular flexibility index (Phi) is 7.55. The van der Waals surface area contributed by atoms with Crippen molar-refractivity contribution < 1.29 is 20.1 Å². The number of pyridine rings is 1. The van der Waals surface area contributed by atoms with Gasteiger partial charge in [0.1, 0.15) is 5.82 Å². The van der Waals surface area contributed by atoms with E-state index in [2.05, 4.69) is 48.5 Å². The van der Waals surface area contributed by atoms with Crippen LogP contribution in [0.15, 0.2) is 140 Å². The number of rotatable bonds is 5. The van der Waals surface area contributed by atoms with E-state index in [1.165, 1.54) is 0 Å². The molecule has 0 fully saturated rings. The van der Waals surface area contributed by atoms with Crippen LogP contribution in [0.2, 0.25) is 0 Å². The standard InChI is InChI=1S/C36H23N4.Ir/c1-3-12-25(13-4-1)30-19-9-10-21-32(30)36-39-34(27-15-5-2-6-16-27)38-35(40-36)29-18-11-17-28(24-29)33-31-20-8-7-14-26(31)22-23-37-33;/h1-16,18-24H;/q-1;. The topological polar surface area (TPSA) is 51.6 Å². The number of hydrogen-bond acceptors (Lipinski definition) is 4. The minimum Gasteiger partial charge on any atom is -0.304 e. The summed E-state index contributed by atoms with van der Waals surface area (Å²) in [4.78, 5) is 19.6. The van der Waals surface area contributed by atoms with E-state index in [4.69, 9.17) is 19.9 Å². The van der Waals surface area contributed by atoms with Gasteiger partial charge in [-0.25, -0.2) is 15.0 Å². The van der Waals surface area contributed by atoms with E-state index in [-0.39, 0.29) is 20.1 Å². The summed E-state index contributed by atoms with van der Waals surface area (Å²) < 4.78 is 0. The Morgan fingerprint density at radius 1 is 0.488 bits per heavy atom. The Hall–Kier alpha value is -4.83. The third-order valence-corrected chi connectivity index (χ3v) is 6.91. The molecule has 2 heterocycles. The fourth-order valence-electron chi connectivity index (χ4n) is 4.97. The van der Waals surface area contributed by atoms with Crippen molar-refractivity contribution in [2.45, 2.75) is 0 Å². The van der Waals surface area contributed by atoms with E-state index in [9.17, 15) is 0 Å². The molecule has 2 aromatic heterocycles. The summed E-state index contributed by atoms with van der Waals surface area (Å²) in [5, 5.41) is 2.22. The van der Waals surface area contributed by atoms with Crippen LogP contribution >= 0.6 is 0 Å². The summed E-state index contributed by atoms with van der Waals surface area (Å²) in [6.45, 7) is 0. The Labute approximate surface area is 252 Å². The molecule has 0 atom stereocenters. The van der Waals surface area contributed by atoms with Gasteiger partial charge in [-0.2, -0.15) is 0 Å². The molecular formula is C36H23IrN4-. The monoisotopic (exact) mass is 704 g/mol. The summed E-state index contributed by atoms with van der Waals surface area (Å²) in [5.74, 6) is 1.85. The maximum Gasteiger partial charge on any atom is 0.164 e. The van der Waals surface area contributed by atoms with Crippen molar-refractivity contribution in [1.29, 1.82) is 0 Å². The maximum absolute atomic E-state index is 5.03. The van der Waals surface area contributed by atoms with Gasteiger partial charge in [-0.3, -0.25) is 0 Å². The average Bonchev–Trinajstić information content (AvgIpc) is 3.05. The maximum atomic E-state index is 5.03. The average molecular weight is 704 g/mol. The normalized spacial score (nSPS) is 10.7. The molecule has 0 saturated heterocycles. The van der Waals surface area contributed by atoms with Crippen molar-refractivity contribution >= 4 is 10.8 Å². The van der Waals surface area contributed by atoms with Crippen molar-refractivity contribution in [2.24, 2.45) is 0 Å². The van der Waals surface area contributed by atoms with Crippen molar-refractivity contribution in [3.63, 3.8) is 0 Å². The molecule has 1 radical (unpaired) electrons. The molecule has 0 aliphatic rings. The van der Waals surface area contributed by atoms with Crippen molar-refractivity contribution in [3.05, 3.63) is 146 Å². The molecule has 41 heavy (non-hydrogen) atoms. The van der Waals surface area contributed by atoms with Gasteiger partial charge in [0.2, 0.25) is 0 Å². The van der Waals surface area contributed by atoms with Crippen LogP contribution in [-0.2, 0) is 20.1 Å². The van der Waals surface area contributed by atoms with Gasteiger partial charge in [0, 0.05) is 37.4 Å². The van der Waals surface area contributed by atoms with Crippen LogP contribution in [0.3, 0.4) is 0 Å². The summed E-state index contributed by atoms with van der Waals surface area (Å²) in [7, 11) is 0. The van der Waals surface area contributed by atoms with Crippen LogP contribution < -0.4 is 0 Å². The Balaban J connectivity index is 0.00000302. The summed E-state index contributed by atoms with van der Waals surface area (Å²) in [5.41, 5.74) is 6.72. The second-order valence-corrected chi connectivity index (χ2v) is 9.46. The zero-order valence-corrected chi connectivity index (χ0v) is 24.3. The van der Waals surface area contributed by atoms with E-state index in [0.29, 0.717) is 17.5 Å². The molecule has 0 N–H and O–H groups in total. The molecule has 4 nitrogen and oxygen atoms in total. The molecule has 0 amide bonds. The van der Waals surface area contributed by atoms with Gasteiger partial charge in [-0.15, -0.1) is 29.8 Å². The van der Waals surface area contributed by atoms with Crippen LogP contribution in [0.1, 0.15) is 0 Å². The SMILES string of the molecule is [Ir].[c-]1ccc(-c2nc(-c3ccccc3)nc(-c3ccccc3-c3ccccc3)n2)cc1-c1nccc2ccccc12. The smallest absolute Gasteiger partial charge is 0.164 e. The minimum atomic E-state index is 0. The Morgan fingerprint density at radius 2 is 1.10 bits per heavy atom. The predicted molar refractivity (Wildman–Crippen MR) is 161 cm³/mol. The van der Waals surface area contributed by atoms with Gasteiger partial charge in [-0.1, -0.05) is 115 Å². The number of hydrogen-bond donors (Lipinski definition) is 0. The van der Waals surface area contributed by atoms with Gasteiger partial charge in [0.25, 0.3) is 0 Å². The molecule has 5 heteroatoms. The molecular weight excluding hydrogens is 681 g/mol. The van der Waals surface area contributed by atoms with E-state index in [1.807, 2.05) is 97.2 Å². The third kappa shape index (κ3) is 5.33. The molecule has 0 aliphatic heterocycles. The van der Waals surface area contributed by atoms with Gasteiger partial charge in [0.15, 0.2) is 11.6 Å². The molecule has 0 unspecified atom stereocenters. The molecule has 0 aliphatic carbocycles. The van der Waals surface area contributed by atoms with Crippen LogP contribution in [0.5, 0.6) is 0 Å². The fourth-order valence-corrected chi connectivity index (χ4v) is 4.97. The van der Waals surface area contributed by atoms with Crippen LogP contribution in [0, 0.1) is 6.07 Å². The van der Waals surface area contributed by atoms with Crippen LogP contribution in [0.4, 0.5) is 0 Å². The predicted octanol–water partition coefficient (Wildman–Crippen LogP) is 8.55. The first-order valence-electron chi connectivity index (χ1n) is 13.2. The number of nitrogens with zero attached hydrogens (tertiary/aromatic N) is 4. The third-order valence-electron chi connectivity index (χ3n) is 6.91. The van der Waals surface area contributed by atoms with Crippen molar-refractivity contribution in [2.75, 3.05) is 0 Å². The minimum absolute atomic E-state index is 0. The zero-order chi connectivity index (χ0) is 26.7. The van der Waals surface area contributed by atoms with E-state index >= 15 is 0 Å².